The summed E-state index contributed by atoms with van der Waals surface area (Å²) >= 11 is 0. The molecule has 526 valence electrons. The SMILES string of the molecule is CC(C)(C)c1ccc2c(-c3ccc4ccccc4c3)c3ccccc3c(-c3ccc4ccccc4c3)c2c1.c1ccc(-c2ccc3c(-c4ccc5ccccc5c4)c4ccccc4c(-c4ccc5ccccc5c4)c3c2)cc1.c1ccc2cc(-c3c4ccccc4c(-c4ccc5ccccc5c4)c4ccccc34)ccc2c1. The number of rotatable bonds is 7. The number of hydrogen-bond acceptors (Lipinski definition) is 0. The lowest BCUT2D eigenvalue weighted by atomic mass is 9.81. The van der Waals surface area contributed by atoms with Crippen LogP contribution in [-0.2, 0) is 5.41 Å². The molecular weight excluding hydrogens is 1350 g/mol. The number of fused-ring (bicyclic) bond motifs is 12. The largest absolute Gasteiger partial charge is 0.0622 e. The maximum Gasteiger partial charge on any atom is -0.00259 e. The first kappa shape index (κ1) is 67.3. The van der Waals surface area contributed by atoms with Crippen LogP contribution in [0.4, 0.5) is 0 Å². The first-order valence-electron chi connectivity index (χ1n) is 39.1. The van der Waals surface area contributed by atoms with Gasteiger partial charge in [0.15, 0.2) is 0 Å². The highest BCUT2D eigenvalue weighted by atomic mass is 14.3. The third-order valence-electron chi connectivity index (χ3n) is 23.2. The Morgan fingerprint density at radius 2 is 0.321 bits per heavy atom. The van der Waals surface area contributed by atoms with Gasteiger partial charge in [-0.05, 0) is 267 Å². The highest BCUT2D eigenvalue weighted by Crippen LogP contribution is 2.50. The van der Waals surface area contributed by atoms with Crippen molar-refractivity contribution in [3.8, 4) is 77.9 Å². The van der Waals surface area contributed by atoms with Crippen LogP contribution in [0.25, 0.3) is 207 Å². The van der Waals surface area contributed by atoms with E-state index in [-0.39, 0.29) is 5.41 Å². The van der Waals surface area contributed by atoms with E-state index in [1.807, 2.05) is 0 Å². The van der Waals surface area contributed by atoms with Gasteiger partial charge in [0.05, 0.1) is 0 Å². The Balaban J connectivity index is 0.000000110. The molecule has 22 aromatic rings. The van der Waals surface area contributed by atoms with Gasteiger partial charge in [-0.3, -0.25) is 0 Å². The Kier molecular flexibility index (Phi) is 16.9. The van der Waals surface area contributed by atoms with Crippen molar-refractivity contribution in [3.63, 3.8) is 0 Å². The van der Waals surface area contributed by atoms with Gasteiger partial charge in [-0.25, -0.2) is 0 Å². The smallest absolute Gasteiger partial charge is 0.00259 e. The summed E-state index contributed by atoms with van der Waals surface area (Å²) in [5.74, 6) is 0. The summed E-state index contributed by atoms with van der Waals surface area (Å²) in [5.41, 5.74) is 19.2. The molecule has 112 heavy (non-hydrogen) atoms. The normalized spacial score (nSPS) is 11.7. The van der Waals surface area contributed by atoms with Gasteiger partial charge >= 0.3 is 0 Å². The van der Waals surface area contributed by atoms with Crippen LogP contribution < -0.4 is 0 Å². The van der Waals surface area contributed by atoms with Crippen molar-refractivity contribution in [1.82, 2.24) is 0 Å². The molecule has 0 unspecified atom stereocenters. The molecule has 0 aliphatic carbocycles. The Morgan fingerprint density at radius 3 is 0.580 bits per heavy atom. The average molecular weight is 1420 g/mol. The summed E-state index contributed by atoms with van der Waals surface area (Å²) in [6, 6.07) is 153. The molecule has 0 nitrogen and oxygen atoms in total. The van der Waals surface area contributed by atoms with Crippen molar-refractivity contribution < 1.29 is 0 Å². The van der Waals surface area contributed by atoms with Gasteiger partial charge in [-0.2, -0.15) is 0 Å². The average Bonchev–Trinajstić information content (AvgIpc) is 0.722. The van der Waals surface area contributed by atoms with Gasteiger partial charge < -0.3 is 0 Å². The van der Waals surface area contributed by atoms with Gasteiger partial charge in [-0.1, -0.05) is 391 Å². The monoisotopic (exact) mass is 1420 g/mol. The van der Waals surface area contributed by atoms with Crippen LogP contribution in [0.2, 0.25) is 0 Å². The molecule has 0 saturated heterocycles. The van der Waals surface area contributed by atoms with Crippen molar-refractivity contribution in [2.45, 2.75) is 26.2 Å². The molecular formula is C112H78. The van der Waals surface area contributed by atoms with E-state index in [0.717, 1.165) is 0 Å². The molecule has 22 rings (SSSR count). The Labute approximate surface area is 653 Å². The molecule has 0 aliphatic heterocycles. The predicted octanol–water partition coefficient (Wildman–Crippen LogP) is 31.9. The fraction of sp³-hybridized carbons (Fsp3) is 0.0357. The maximum atomic E-state index is 2.44. The van der Waals surface area contributed by atoms with E-state index in [9.17, 15) is 0 Å². The summed E-state index contributed by atoms with van der Waals surface area (Å²) in [6.07, 6.45) is 0. The van der Waals surface area contributed by atoms with Crippen LogP contribution in [0.3, 0.4) is 0 Å². The second kappa shape index (κ2) is 28.2. The van der Waals surface area contributed by atoms with Crippen LogP contribution in [0, 0.1) is 0 Å². The fourth-order valence-corrected chi connectivity index (χ4v) is 17.7. The van der Waals surface area contributed by atoms with Crippen molar-refractivity contribution in [3.05, 3.63) is 424 Å². The summed E-state index contributed by atoms with van der Waals surface area (Å²) in [4.78, 5) is 0. The quantitative estimate of drug-likeness (QED) is 0.140. The van der Waals surface area contributed by atoms with Crippen LogP contribution in [0.15, 0.2) is 419 Å². The second-order valence-electron chi connectivity index (χ2n) is 30.9. The van der Waals surface area contributed by atoms with E-state index in [4.69, 9.17) is 0 Å². The molecule has 0 bridgehead atoms. The third-order valence-corrected chi connectivity index (χ3v) is 23.2. The molecule has 0 aromatic heterocycles. The third kappa shape index (κ3) is 12.2. The predicted molar refractivity (Wildman–Crippen MR) is 486 cm³/mol. The fourth-order valence-electron chi connectivity index (χ4n) is 17.7. The minimum Gasteiger partial charge on any atom is -0.0622 e. The first-order valence-corrected chi connectivity index (χ1v) is 39.1. The highest BCUT2D eigenvalue weighted by molar-refractivity contribution is 6.26. The highest BCUT2D eigenvalue weighted by Gasteiger charge is 2.24. The molecule has 0 heterocycles. The molecule has 0 spiro atoms. The minimum absolute atomic E-state index is 0.0591. The Bertz CT molecular complexity index is 7280. The molecule has 0 fully saturated rings. The molecule has 0 amide bonds. The topological polar surface area (TPSA) is 0 Å². The molecule has 0 atom stereocenters. The molecule has 0 heteroatoms. The van der Waals surface area contributed by atoms with Gasteiger partial charge in [0.25, 0.3) is 0 Å². The van der Waals surface area contributed by atoms with Crippen molar-refractivity contribution in [1.29, 1.82) is 0 Å². The van der Waals surface area contributed by atoms with Gasteiger partial charge in [0.1, 0.15) is 0 Å². The maximum absolute atomic E-state index is 2.44. The Morgan fingerprint density at radius 1 is 0.125 bits per heavy atom. The zero-order valence-electron chi connectivity index (χ0n) is 62.8. The minimum atomic E-state index is 0.0591. The summed E-state index contributed by atoms with van der Waals surface area (Å²) in [5, 5.41) is 30.7. The van der Waals surface area contributed by atoms with Crippen molar-refractivity contribution in [2.75, 3.05) is 0 Å². The van der Waals surface area contributed by atoms with E-state index in [2.05, 4.69) is 439 Å². The van der Waals surface area contributed by atoms with Crippen LogP contribution >= 0.6 is 0 Å². The molecule has 0 radical (unpaired) electrons. The molecule has 22 aromatic carbocycles. The second-order valence-corrected chi connectivity index (χ2v) is 30.9. The summed E-state index contributed by atoms with van der Waals surface area (Å²) < 4.78 is 0. The van der Waals surface area contributed by atoms with Gasteiger partial charge in [0, 0.05) is 0 Å². The van der Waals surface area contributed by atoms with E-state index >= 15 is 0 Å². The lowest BCUT2D eigenvalue weighted by Crippen LogP contribution is -2.10. The van der Waals surface area contributed by atoms with Crippen molar-refractivity contribution in [2.24, 2.45) is 0 Å². The Hall–Kier alpha value is -14.0. The standard InChI is InChI=1S/C40H26.C38H30.C34H22/c1-2-10-27(11-3-1)32-22-23-37-38(26-32)40(34-21-19-29-13-5-7-15-31(29)25-34)36-17-9-8-16-35(36)39(37)33-20-18-28-12-4-6-14-30(28)24-33;1-38(2,3)31-20-21-34-35(24-31)37(30-19-17-26-11-5-7-13-28(26)23-30)33-15-9-8-14-32(33)36(34)29-18-16-25-10-4-6-12-27(25)22-29;1-3-11-25-21-27(19-17-23(25)9-1)33-29-13-5-7-15-31(29)34(32-16-8-6-14-30(32)33)28-20-18-24-10-2-4-12-26(24)22-28/h1-26H;4-24H,1-3H3;1-22H. The van der Waals surface area contributed by atoms with E-state index in [1.54, 1.807) is 0 Å². The zero-order valence-corrected chi connectivity index (χ0v) is 62.8. The number of benzene rings is 22. The van der Waals surface area contributed by atoms with Crippen LogP contribution in [0.1, 0.15) is 26.3 Å². The summed E-state index contributed by atoms with van der Waals surface area (Å²) in [6.45, 7) is 6.90. The molecule has 0 N–H and O–H groups in total. The van der Waals surface area contributed by atoms with Crippen LogP contribution in [-0.4, -0.2) is 0 Å². The lowest BCUT2D eigenvalue weighted by Gasteiger charge is -2.23. The lowest BCUT2D eigenvalue weighted by molar-refractivity contribution is 0.591. The summed E-state index contributed by atoms with van der Waals surface area (Å²) in [7, 11) is 0. The van der Waals surface area contributed by atoms with E-state index in [1.165, 1.54) is 213 Å². The zero-order chi connectivity index (χ0) is 74.8. The van der Waals surface area contributed by atoms with E-state index < -0.39 is 0 Å². The van der Waals surface area contributed by atoms with E-state index in [0.29, 0.717) is 0 Å². The number of hydrogen-bond donors (Lipinski definition) is 0. The van der Waals surface area contributed by atoms with Crippen molar-refractivity contribution >= 4 is 129 Å². The molecule has 0 saturated carbocycles. The first-order chi connectivity index (χ1) is 55.2. The van der Waals surface area contributed by atoms with Crippen LogP contribution in [0.5, 0.6) is 0 Å². The van der Waals surface area contributed by atoms with Gasteiger partial charge in [0.2, 0.25) is 0 Å². The van der Waals surface area contributed by atoms with Gasteiger partial charge in [-0.15, -0.1) is 0 Å². The molecule has 0 aliphatic rings.